The smallest absolute Gasteiger partial charge is 0.335 e. The third kappa shape index (κ3) is 6.79. The Morgan fingerprint density at radius 2 is 1.69 bits per heavy atom. The summed E-state index contributed by atoms with van der Waals surface area (Å²) in [5, 5.41) is 0.766. The Kier molecular flexibility index (Phi) is 10.3. The molecule has 216 valence electrons. The average Bonchev–Trinajstić information content (AvgIpc) is 3.32. The molecule has 39 heavy (non-hydrogen) atoms. The maximum atomic E-state index is 13.4. The lowest BCUT2D eigenvalue weighted by molar-refractivity contribution is -0.150. The average molecular weight is 560 g/mol. The number of ether oxygens (including phenoxy) is 2. The molecule has 0 spiro atoms. The lowest BCUT2D eigenvalue weighted by atomic mass is 9.72. The van der Waals surface area contributed by atoms with Crippen molar-refractivity contribution in [3.63, 3.8) is 0 Å². The molecule has 1 heterocycles. The number of aliphatic imine (C=N–C) groups is 1. The summed E-state index contributed by atoms with van der Waals surface area (Å²) < 4.78 is 10.3. The van der Waals surface area contributed by atoms with E-state index in [0.717, 1.165) is 50.0 Å². The van der Waals surface area contributed by atoms with Gasteiger partial charge in [-0.2, -0.15) is 0 Å². The van der Waals surface area contributed by atoms with Crippen LogP contribution in [-0.4, -0.2) is 74.0 Å². The number of carbonyl (C=O) groups excluding carboxylic acids is 2. The highest BCUT2D eigenvalue weighted by Gasteiger charge is 2.54. The number of halogens is 1. The van der Waals surface area contributed by atoms with Crippen LogP contribution in [0.4, 0.5) is 0 Å². The molecule has 1 aromatic carbocycles. The van der Waals surface area contributed by atoms with Crippen LogP contribution in [0, 0.1) is 11.8 Å². The standard InChI is InChI=1S/C31H46ClN3O4/c1-34(2)29(24-14-16-25(32)17-15-24)23-12-10-22(11-13-23)20-27-31(30(37)39-4,19-18-28(36)38-3)33-21-35(27)26-8-6-5-7-9-26/h14-17,21-23,26-27,29H,5-13,18-20H2,1-4H3. The fourth-order valence-corrected chi connectivity index (χ4v) is 7.55. The van der Waals surface area contributed by atoms with E-state index in [2.05, 4.69) is 36.0 Å². The molecule has 3 unspecified atom stereocenters. The maximum absolute atomic E-state index is 13.4. The summed E-state index contributed by atoms with van der Waals surface area (Å²) in [6.45, 7) is 0. The monoisotopic (exact) mass is 559 g/mol. The van der Waals surface area contributed by atoms with Crippen molar-refractivity contribution in [2.45, 2.75) is 101 Å². The van der Waals surface area contributed by atoms with Crippen LogP contribution in [0.1, 0.15) is 88.7 Å². The van der Waals surface area contributed by atoms with Crippen LogP contribution < -0.4 is 0 Å². The molecule has 3 aliphatic rings. The molecule has 2 aliphatic carbocycles. The fraction of sp³-hybridized carbons (Fsp3) is 0.710. The first-order valence-electron chi connectivity index (χ1n) is 14.7. The zero-order valence-electron chi connectivity index (χ0n) is 24.1. The third-order valence-electron chi connectivity index (χ3n) is 9.47. The lowest BCUT2D eigenvalue weighted by Crippen LogP contribution is -2.55. The molecule has 8 heteroatoms. The first-order chi connectivity index (χ1) is 18.8. The predicted octanol–water partition coefficient (Wildman–Crippen LogP) is 6.05. The van der Waals surface area contributed by atoms with Crippen molar-refractivity contribution < 1.29 is 19.1 Å². The molecular weight excluding hydrogens is 514 g/mol. The summed E-state index contributed by atoms with van der Waals surface area (Å²) in [4.78, 5) is 35.1. The summed E-state index contributed by atoms with van der Waals surface area (Å²) in [5.41, 5.74) is 0.250. The van der Waals surface area contributed by atoms with Crippen LogP contribution in [0.15, 0.2) is 29.3 Å². The van der Waals surface area contributed by atoms with Gasteiger partial charge in [0.1, 0.15) is 0 Å². The zero-order chi connectivity index (χ0) is 28.0. The number of esters is 2. The van der Waals surface area contributed by atoms with Gasteiger partial charge in [0.25, 0.3) is 0 Å². The number of carbonyl (C=O) groups is 2. The second-order valence-corrected chi connectivity index (χ2v) is 12.4. The Bertz CT molecular complexity index is 986. The molecule has 0 radical (unpaired) electrons. The lowest BCUT2D eigenvalue weighted by Gasteiger charge is -2.43. The van der Waals surface area contributed by atoms with Crippen LogP contribution in [0.25, 0.3) is 0 Å². The van der Waals surface area contributed by atoms with E-state index in [1.165, 1.54) is 39.0 Å². The quantitative estimate of drug-likeness (QED) is 0.325. The molecule has 2 fully saturated rings. The van der Waals surface area contributed by atoms with Crippen molar-refractivity contribution >= 4 is 29.9 Å². The van der Waals surface area contributed by atoms with Crippen LogP contribution in [0.2, 0.25) is 5.02 Å². The van der Waals surface area contributed by atoms with Crippen molar-refractivity contribution in [2.75, 3.05) is 28.3 Å². The fourth-order valence-electron chi connectivity index (χ4n) is 7.43. The largest absolute Gasteiger partial charge is 0.469 e. The number of methoxy groups -OCH3 is 2. The molecule has 1 aromatic rings. The van der Waals surface area contributed by atoms with Crippen molar-refractivity contribution in [3.05, 3.63) is 34.9 Å². The van der Waals surface area contributed by atoms with E-state index in [9.17, 15) is 9.59 Å². The van der Waals surface area contributed by atoms with Gasteiger partial charge in [-0.1, -0.05) is 55.8 Å². The first kappa shape index (κ1) is 29.9. The van der Waals surface area contributed by atoms with Gasteiger partial charge in [0, 0.05) is 23.5 Å². The number of hydrogen-bond acceptors (Lipinski definition) is 7. The molecule has 0 aromatic heterocycles. The molecule has 0 N–H and O–H groups in total. The second kappa shape index (κ2) is 13.5. The number of rotatable bonds is 10. The molecule has 0 amide bonds. The van der Waals surface area contributed by atoms with Gasteiger partial charge >= 0.3 is 11.9 Å². The van der Waals surface area contributed by atoms with E-state index in [4.69, 9.17) is 26.1 Å². The molecule has 4 rings (SSSR count). The molecule has 0 bridgehead atoms. The Morgan fingerprint density at radius 1 is 1.03 bits per heavy atom. The Balaban J connectivity index is 1.51. The molecule has 0 saturated heterocycles. The highest BCUT2D eigenvalue weighted by atomic mass is 35.5. The van der Waals surface area contributed by atoms with E-state index >= 15 is 0 Å². The van der Waals surface area contributed by atoms with Crippen LogP contribution in [-0.2, 0) is 19.1 Å². The summed E-state index contributed by atoms with van der Waals surface area (Å²) >= 11 is 6.17. The van der Waals surface area contributed by atoms with Crippen molar-refractivity contribution in [1.82, 2.24) is 9.80 Å². The van der Waals surface area contributed by atoms with Crippen molar-refractivity contribution in [3.8, 4) is 0 Å². The van der Waals surface area contributed by atoms with Gasteiger partial charge in [-0.05, 0) is 82.2 Å². The number of nitrogens with zero attached hydrogens (tertiary/aromatic N) is 3. The van der Waals surface area contributed by atoms with Crippen molar-refractivity contribution in [1.29, 1.82) is 0 Å². The topological polar surface area (TPSA) is 71.4 Å². The van der Waals surface area contributed by atoms with Crippen LogP contribution in [0.5, 0.6) is 0 Å². The second-order valence-electron chi connectivity index (χ2n) is 12.0. The van der Waals surface area contributed by atoms with Gasteiger partial charge in [-0.15, -0.1) is 0 Å². The highest BCUT2D eigenvalue weighted by molar-refractivity contribution is 6.30. The molecule has 2 saturated carbocycles. The zero-order valence-corrected chi connectivity index (χ0v) is 24.9. The molecule has 3 atom stereocenters. The summed E-state index contributed by atoms with van der Waals surface area (Å²) in [5.74, 6) is 0.404. The minimum Gasteiger partial charge on any atom is -0.469 e. The minimum atomic E-state index is -1.06. The van der Waals surface area contributed by atoms with E-state index in [0.29, 0.717) is 30.3 Å². The number of benzene rings is 1. The predicted molar refractivity (Wildman–Crippen MR) is 155 cm³/mol. The SMILES string of the molecule is COC(=O)CCC1(C(=O)OC)N=CN(C2CCCCC2)C1CC1CCC(C(c2ccc(Cl)cc2)N(C)C)CC1. The highest BCUT2D eigenvalue weighted by Crippen LogP contribution is 2.45. The van der Waals surface area contributed by atoms with Gasteiger partial charge in [0.2, 0.25) is 0 Å². The van der Waals surface area contributed by atoms with E-state index in [1.54, 1.807) is 0 Å². The van der Waals surface area contributed by atoms with Crippen molar-refractivity contribution in [2.24, 2.45) is 16.8 Å². The van der Waals surface area contributed by atoms with Gasteiger partial charge in [0.05, 0.1) is 26.6 Å². The van der Waals surface area contributed by atoms with E-state index < -0.39 is 5.54 Å². The Morgan fingerprint density at radius 3 is 2.28 bits per heavy atom. The molecule has 1 aliphatic heterocycles. The maximum Gasteiger partial charge on any atom is 0.335 e. The van der Waals surface area contributed by atoms with E-state index in [1.807, 2.05) is 18.5 Å². The van der Waals surface area contributed by atoms with E-state index in [-0.39, 0.29) is 24.4 Å². The van der Waals surface area contributed by atoms with Gasteiger partial charge < -0.3 is 19.3 Å². The Hall–Kier alpha value is -2.12. The minimum absolute atomic E-state index is 0.0971. The van der Waals surface area contributed by atoms with Gasteiger partial charge in [0.15, 0.2) is 5.54 Å². The first-order valence-corrected chi connectivity index (χ1v) is 15.1. The molecule has 7 nitrogen and oxygen atoms in total. The Labute approximate surface area is 239 Å². The summed E-state index contributed by atoms with van der Waals surface area (Å²) in [6.07, 6.45) is 13.7. The summed E-state index contributed by atoms with van der Waals surface area (Å²) in [7, 11) is 7.15. The normalized spacial score (nSPS) is 28.5. The van der Waals surface area contributed by atoms with Gasteiger partial charge in [-0.3, -0.25) is 9.79 Å². The van der Waals surface area contributed by atoms with Crippen LogP contribution in [0.3, 0.4) is 0 Å². The van der Waals surface area contributed by atoms with Gasteiger partial charge in [-0.25, -0.2) is 4.79 Å². The molecular formula is C31H46ClN3O4. The van der Waals surface area contributed by atoms with Crippen LogP contribution >= 0.6 is 11.6 Å². The third-order valence-corrected chi connectivity index (χ3v) is 9.72. The summed E-state index contributed by atoms with van der Waals surface area (Å²) in [6, 6.07) is 8.92. The number of hydrogen-bond donors (Lipinski definition) is 0.